The van der Waals surface area contributed by atoms with Gasteiger partial charge in [0, 0.05) is 17.6 Å². The third-order valence-corrected chi connectivity index (χ3v) is 3.49. The van der Waals surface area contributed by atoms with Gasteiger partial charge in [-0.25, -0.2) is 0 Å². The molecule has 1 fully saturated rings. The van der Waals surface area contributed by atoms with Crippen LogP contribution in [0.25, 0.3) is 0 Å². The summed E-state index contributed by atoms with van der Waals surface area (Å²) in [4.78, 5) is 14.5. The van der Waals surface area contributed by atoms with E-state index < -0.39 is 0 Å². The van der Waals surface area contributed by atoms with Crippen molar-refractivity contribution in [2.75, 3.05) is 26.3 Å². The van der Waals surface area contributed by atoms with Crippen LogP contribution in [0.3, 0.4) is 0 Å². The summed E-state index contributed by atoms with van der Waals surface area (Å²) in [7, 11) is 0. The zero-order valence-corrected chi connectivity index (χ0v) is 11.4. The van der Waals surface area contributed by atoms with Gasteiger partial charge in [-0.3, -0.25) is 9.69 Å². The lowest BCUT2D eigenvalue weighted by Gasteiger charge is -2.41. The number of hydrogen-bond donors (Lipinski definition) is 0. The summed E-state index contributed by atoms with van der Waals surface area (Å²) in [6.07, 6.45) is 0. The number of rotatable bonds is 3. The summed E-state index contributed by atoms with van der Waals surface area (Å²) >= 11 is 0. The van der Waals surface area contributed by atoms with Gasteiger partial charge < -0.3 is 4.74 Å². The largest absolute Gasteiger partial charge is 0.378 e. The second kappa shape index (κ2) is 5.21. The highest BCUT2D eigenvalue weighted by Crippen LogP contribution is 2.19. The second-order valence-electron chi connectivity index (χ2n) is 5.58. The molecule has 2 rings (SSSR count). The van der Waals surface area contributed by atoms with Crippen LogP contribution in [0.1, 0.15) is 29.8 Å². The molecule has 1 saturated heterocycles. The molecule has 0 amide bonds. The molecular weight excluding hydrogens is 226 g/mol. The molecule has 1 aliphatic rings. The van der Waals surface area contributed by atoms with Crippen LogP contribution >= 0.6 is 0 Å². The van der Waals surface area contributed by atoms with E-state index in [1.54, 1.807) is 0 Å². The van der Waals surface area contributed by atoms with E-state index in [1.165, 1.54) is 0 Å². The van der Waals surface area contributed by atoms with Crippen molar-refractivity contribution >= 4 is 5.78 Å². The topological polar surface area (TPSA) is 29.5 Å². The van der Waals surface area contributed by atoms with Crippen LogP contribution < -0.4 is 0 Å². The Morgan fingerprint density at radius 2 is 2.22 bits per heavy atom. The van der Waals surface area contributed by atoms with E-state index in [1.807, 2.05) is 31.2 Å². The minimum absolute atomic E-state index is 0.0578. The number of nitrogens with zero attached hydrogens (tertiary/aromatic N) is 1. The maximum atomic E-state index is 12.3. The maximum absolute atomic E-state index is 12.3. The van der Waals surface area contributed by atoms with Gasteiger partial charge in [-0.15, -0.1) is 0 Å². The first kappa shape index (κ1) is 13.2. The van der Waals surface area contributed by atoms with Gasteiger partial charge in [0.1, 0.15) is 0 Å². The number of Topliss-reactive ketones (excluding diaryl/α,β-unsaturated/α-hetero) is 1. The fourth-order valence-corrected chi connectivity index (χ4v) is 2.27. The van der Waals surface area contributed by atoms with Gasteiger partial charge in [-0.2, -0.15) is 0 Å². The fraction of sp³-hybridized carbons (Fsp3) is 0.533. The van der Waals surface area contributed by atoms with Crippen LogP contribution in [-0.4, -0.2) is 42.5 Å². The van der Waals surface area contributed by atoms with Crippen LogP contribution in [0.5, 0.6) is 0 Å². The lowest BCUT2D eigenvalue weighted by atomic mass is 10.0. The number of morpholine rings is 1. The standard InChI is InChI=1S/C15H21NO2/c1-12-5-4-6-13(9-12)14(17)10-16-7-8-18-11-15(16,2)3/h4-6,9H,7-8,10-11H2,1-3H3. The Morgan fingerprint density at radius 3 is 2.89 bits per heavy atom. The molecule has 3 heteroatoms. The number of benzene rings is 1. The Morgan fingerprint density at radius 1 is 1.44 bits per heavy atom. The minimum Gasteiger partial charge on any atom is -0.378 e. The van der Waals surface area contributed by atoms with Crippen LogP contribution in [0.4, 0.5) is 0 Å². The molecule has 1 aromatic carbocycles. The molecule has 0 atom stereocenters. The first-order chi connectivity index (χ1) is 8.49. The lowest BCUT2D eigenvalue weighted by Crippen LogP contribution is -2.54. The fourth-order valence-electron chi connectivity index (χ4n) is 2.27. The summed E-state index contributed by atoms with van der Waals surface area (Å²) in [5.41, 5.74) is 1.87. The molecule has 0 saturated carbocycles. The zero-order valence-electron chi connectivity index (χ0n) is 11.4. The van der Waals surface area contributed by atoms with Gasteiger partial charge in [-0.05, 0) is 26.8 Å². The number of ether oxygens (including phenoxy) is 1. The highest BCUT2D eigenvalue weighted by molar-refractivity contribution is 5.97. The van der Waals surface area contributed by atoms with Crippen LogP contribution in [0.15, 0.2) is 24.3 Å². The highest BCUT2D eigenvalue weighted by Gasteiger charge is 2.31. The highest BCUT2D eigenvalue weighted by atomic mass is 16.5. The van der Waals surface area contributed by atoms with Gasteiger partial charge >= 0.3 is 0 Å². The number of carbonyl (C=O) groups excluding carboxylic acids is 1. The SMILES string of the molecule is Cc1cccc(C(=O)CN2CCOCC2(C)C)c1. The van der Waals surface area contributed by atoms with E-state index in [2.05, 4.69) is 18.7 Å². The van der Waals surface area contributed by atoms with Crippen molar-refractivity contribution in [2.45, 2.75) is 26.3 Å². The van der Waals surface area contributed by atoms with E-state index in [0.29, 0.717) is 19.8 Å². The van der Waals surface area contributed by atoms with E-state index >= 15 is 0 Å². The molecule has 0 unspecified atom stereocenters. The predicted octanol–water partition coefficient (Wildman–Crippen LogP) is 2.29. The van der Waals surface area contributed by atoms with Gasteiger partial charge in [0.05, 0.1) is 19.8 Å². The molecule has 0 bridgehead atoms. The second-order valence-corrected chi connectivity index (χ2v) is 5.58. The molecule has 98 valence electrons. The number of hydrogen-bond acceptors (Lipinski definition) is 3. The molecular formula is C15H21NO2. The van der Waals surface area contributed by atoms with Crippen molar-refractivity contribution in [3.63, 3.8) is 0 Å². The molecule has 0 N–H and O–H groups in total. The number of carbonyl (C=O) groups is 1. The predicted molar refractivity (Wildman–Crippen MR) is 72.0 cm³/mol. The molecule has 0 aliphatic carbocycles. The molecule has 1 aliphatic heterocycles. The Bertz CT molecular complexity index is 440. The summed E-state index contributed by atoms with van der Waals surface area (Å²) in [5.74, 6) is 0.189. The molecule has 3 nitrogen and oxygen atoms in total. The van der Waals surface area contributed by atoms with E-state index in [0.717, 1.165) is 17.7 Å². The Hall–Kier alpha value is -1.19. The van der Waals surface area contributed by atoms with Crippen LogP contribution in [0.2, 0.25) is 0 Å². The van der Waals surface area contributed by atoms with Crippen molar-refractivity contribution in [3.8, 4) is 0 Å². The van der Waals surface area contributed by atoms with Crippen LogP contribution in [-0.2, 0) is 4.74 Å². The Balaban J connectivity index is 2.07. The quantitative estimate of drug-likeness (QED) is 0.768. The zero-order chi connectivity index (χ0) is 13.2. The maximum Gasteiger partial charge on any atom is 0.176 e. The lowest BCUT2D eigenvalue weighted by molar-refractivity contribution is -0.0467. The molecule has 1 heterocycles. The van der Waals surface area contributed by atoms with Crippen molar-refractivity contribution < 1.29 is 9.53 Å². The summed E-state index contributed by atoms with van der Waals surface area (Å²) in [5, 5.41) is 0. The minimum atomic E-state index is -0.0578. The van der Waals surface area contributed by atoms with E-state index in [4.69, 9.17) is 4.74 Å². The van der Waals surface area contributed by atoms with Gasteiger partial charge in [-0.1, -0.05) is 23.8 Å². The third kappa shape index (κ3) is 2.98. The molecule has 0 radical (unpaired) electrons. The molecule has 0 aromatic heterocycles. The van der Waals surface area contributed by atoms with Crippen molar-refractivity contribution in [2.24, 2.45) is 0 Å². The van der Waals surface area contributed by atoms with Gasteiger partial charge in [0.25, 0.3) is 0 Å². The average Bonchev–Trinajstić information content (AvgIpc) is 2.31. The smallest absolute Gasteiger partial charge is 0.176 e. The Kier molecular flexibility index (Phi) is 3.83. The number of ketones is 1. The third-order valence-electron chi connectivity index (χ3n) is 3.49. The van der Waals surface area contributed by atoms with Crippen molar-refractivity contribution in [1.82, 2.24) is 4.90 Å². The van der Waals surface area contributed by atoms with Crippen LogP contribution in [0, 0.1) is 6.92 Å². The van der Waals surface area contributed by atoms with Crippen molar-refractivity contribution in [1.29, 1.82) is 0 Å². The monoisotopic (exact) mass is 247 g/mol. The van der Waals surface area contributed by atoms with Gasteiger partial charge in [0.15, 0.2) is 5.78 Å². The van der Waals surface area contributed by atoms with E-state index in [9.17, 15) is 4.79 Å². The first-order valence-electron chi connectivity index (χ1n) is 6.42. The molecule has 0 spiro atoms. The summed E-state index contributed by atoms with van der Waals surface area (Å²) < 4.78 is 5.47. The summed E-state index contributed by atoms with van der Waals surface area (Å²) in [6.45, 7) is 8.95. The number of aryl methyl sites for hydroxylation is 1. The first-order valence-corrected chi connectivity index (χ1v) is 6.42. The average molecular weight is 247 g/mol. The molecule has 18 heavy (non-hydrogen) atoms. The Labute approximate surface area is 109 Å². The van der Waals surface area contributed by atoms with Crippen molar-refractivity contribution in [3.05, 3.63) is 35.4 Å². The van der Waals surface area contributed by atoms with E-state index in [-0.39, 0.29) is 11.3 Å². The molecule has 1 aromatic rings. The van der Waals surface area contributed by atoms with Gasteiger partial charge in [0.2, 0.25) is 0 Å². The summed E-state index contributed by atoms with van der Waals surface area (Å²) in [6, 6.07) is 7.79. The normalized spacial score (nSPS) is 19.7.